The molecule has 2 N–H and O–H groups in total. The number of nitrogen functional groups attached to an aromatic ring is 1. The number of anilines is 1. The molecule has 0 atom stereocenters. The molecule has 5 nitrogen and oxygen atoms in total. The average Bonchev–Trinajstić information content (AvgIpc) is 2.34. The lowest BCUT2D eigenvalue weighted by atomic mass is 9.82. The van der Waals surface area contributed by atoms with Crippen molar-refractivity contribution in [2.24, 2.45) is 0 Å². The van der Waals surface area contributed by atoms with Gasteiger partial charge in [0.05, 0.1) is 0 Å². The van der Waals surface area contributed by atoms with Crippen LogP contribution in [0.15, 0.2) is 24.3 Å². The van der Waals surface area contributed by atoms with Crippen LogP contribution in [0.1, 0.15) is 54.0 Å². The van der Waals surface area contributed by atoms with Crippen molar-refractivity contribution in [1.29, 1.82) is 0 Å². The van der Waals surface area contributed by atoms with Gasteiger partial charge in [0, 0.05) is 5.69 Å². The maximum Gasteiger partial charge on any atom is 0.328 e. The SMILES string of the molecule is CC(C)(C)OC(=O)C(C)(C(=O)OC(C)(C)C)c1ccc(N)cc1.Cl. The monoisotopic (exact) mass is 357 g/mol. The Kier molecular flexibility index (Phi) is 6.89. The van der Waals surface area contributed by atoms with Crippen LogP contribution in [0.25, 0.3) is 0 Å². The van der Waals surface area contributed by atoms with Crippen molar-refractivity contribution in [3.63, 3.8) is 0 Å². The van der Waals surface area contributed by atoms with Crippen LogP contribution in [0.3, 0.4) is 0 Å². The van der Waals surface area contributed by atoms with Gasteiger partial charge in [-0.15, -0.1) is 12.4 Å². The lowest BCUT2D eigenvalue weighted by Gasteiger charge is -2.32. The third kappa shape index (κ3) is 5.71. The summed E-state index contributed by atoms with van der Waals surface area (Å²) >= 11 is 0. The van der Waals surface area contributed by atoms with Crippen molar-refractivity contribution < 1.29 is 19.1 Å². The van der Waals surface area contributed by atoms with E-state index in [2.05, 4.69) is 0 Å². The van der Waals surface area contributed by atoms with Crippen molar-refractivity contribution in [3.8, 4) is 0 Å². The van der Waals surface area contributed by atoms with Gasteiger partial charge in [-0.05, 0) is 66.2 Å². The highest BCUT2D eigenvalue weighted by Crippen LogP contribution is 2.31. The lowest BCUT2D eigenvalue weighted by molar-refractivity contribution is -0.176. The molecule has 6 heteroatoms. The minimum absolute atomic E-state index is 0. The van der Waals surface area contributed by atoms with Gasteiger partial charge in [0.15, 0.2) is 5.41 Å². The molecular weight excluding hydrogens is 330 g/mol. The van der Waals surface area contributed by atoms with Crippen LogP contribution >= 0.6 is 12.4 Å². The number of carbonyl (C=O) groups excluding carboxylic acids is 2. The van der Waals surface area contributed by atoms with E-state index in [9.17, 15) is 9.59 Å². The molecule has 1 aromatic carbocycles. The fraction of sp³-hybridized carbons (Fsp3) is 0.556. The first-order valence-electron chi connectivity index (χ1n) is 7.58. The summed E-state index contributed by atoms with van der Waals surface area (Å²) < 4.78 is 10.9. The zero-order valence-corrected chi connectivity index (χ0v) is 16.2. The number of nitrogens with two attached hydrogens (primary N) is 1. The second kappa shape index (κ2) is 7.43. The maximum atomic E-state index is 12.7. The van der Waals surface area contributed by atoms with Crippen molar-refractivity contribution in [2.45, 2.75) is 65.1 Å². The lowest BCUT2D eigenvalue weighted by Crippen LogP contribution is -2.48. The summed E-state index contributed by atoms with van der Waals surface area (Å²) in [4.78, 5) is 25.5. The number of hydrogen-bond donors (Lipinski definition) is 1. The van der Waals surface area contributed by atoms with Gasteiger partial charge < -0.3 is 15.2 Å². The number of halogens is 1. The molecule has 0 bridgehead atoms. The number of hydrogen-bond acceptors (Lipinski definition) is 5. The molecule has 1 aromatic rings. The molecule has 0 saturated carbocycles. The second-order valence-electron chi connectivity index (χ2n) is 7.75. The van der Waals surface area contributed by atoms with E-state index in [1.54, 1.807) is 65.8 Å². The molecule has 24 heavy (non-hydrogen) atoms. The van der Waals surface area contributed by atoms with Crippen LogP contribution in [0, 0.1) is 0 Å². The van der Waals surface area contributed by atoms with E-state index in [0.717, 1.165) is 0 Å². The Balaban J connectivity index is 0.00000529. The summed E-state index contributed by atoms with van der Waals surface area (Å²) in [6, 6.07) is 6.57. The van der Waals surface area contributed by atoms with E-state index < -0.39 is 28.6 Å². The van der Waals surface area contributed by atoms with Crippen molar-refractivity contribution >= 4 is 30.0 Å². The van der Waals surface area contributed by atoms with Crippen LogP contribution in [0.5, 0.6) is 0 Å². The zero-order valence-electron chi connectivity index (χ0n) is 15.4. The molecule has 0 aliphatic carbocycles. The van der Waals surface area contributed by atoms with E-state index >= 15 is 0 Å². The Bertz CT molecular complexity index is 555. The topological polar surface area (TPSA) is 78.6 Å². The number of carbonyl (C=O) groups is 2. The minimum atomic E-state index is -1.56. The van der Waals surface area contributed by atoms with Crippen LogP contribution in [0.2, 0.25) is 0 Å². The molecule has 0 fully saturated rings. The Morgan fingerprint density at radius 3 is 1.42 bits per heavy atom. The highest BCUT2D eigenvalue weighted by Gasteiger charge is 2.48. The van der Waals surface area contributed by atoms with Gasteiger partial charge in [0.1, 0.15) is 11.2 Å². The van der Waals surface area contributed by atoms with Gasteiger partial charge in [-0.2, -0.15) is 0 Å². The summed E-state index contributed by atoms with van der Waals surface area (Å²) in [7, 11) is 0. The van der Waals surface area contributed by atoms with Crippen molar-refractivity contribution in [1.82, 2.24) is 0 Å². The largest absolute Gasteiger partial charge is 0.459 e. The fourth-order valence-electron chi connectivity index (χ4n) is 1.90. The third-order valence-corrected chi connectivity index (χ3v) is 3.10. The van der Waals surface area contributed by atoms with Gasteiger partial charge in [0.25, 0.3) is 0 Å². The van der Waals surface area contributed by atoms with Gasteiger partial charge in [-0.3, -0.25) is 9.59 Å². The predicted molar refractivity (Wildman–Crippen MR) is 97.1 cm³/mol. The molecule has 0 aliphatic heterocycles. The Labute approximate surface area is 150 Å². The summed E-state index contributed by atoms with van der Waals surface area (Å²) in [6.45, 7) is 12.0. The summed E-state index contributed by atoms with van der Waals surface area (Å²) in [6.07, 6.45) is 0. The van der Waals surface area contributed by atoms with E-state index in [1.165, 1.54) is 6.92 Å². The molecule has 0 spiro atoms. The van der Waals surface area contributed by atoms with Crippen molar-refractivity contribution in [3.05, 3.63) is 29.8 Å². The van der Waals surface area contributed by atoms with Gasteiger partial charge >= 0.3 is 11.9 Å². The second-order valence-corrected chi connectivity index (χ2v) is 7.75. The Morgan fingerprint density at radius 2 is 1.12 bits per heavy atom. The normalized spacial score (nSPS) is 12.1. The third-order valence-electron chi connectivity index (χ3n) is 3.10. The van der Waals surface area contributed by atoms with E-state index in [-0.39, 0.29) is 12.4 Å². The van der Waals surface area contributed by atoms with E-state index in [1.807, 2.05) is 0 Å². The highest BCUT2D eigenvalue weighted by molar-refractivity contribution is 6.06. The first-order chi connectivity index (χ1) is 10.3. The molecule has 0 radical (unpaired) electrons. The van der Waals surface area contributed by atoms with Crippen LogP contribution in [-0.2, 0) is 24.5 Å². The number of benzene rings is 1. The average molecular weight is 358 g/mol. The molecule has 0 unspecified atom stereocenters. The molecule has 0 aliphatic rings. The van der Waals surface area contributed by atoms with Crippen molar-refractivity contribution in [2.75, 3.05) is 5.73 Å². The molecule has 0 saturated heterocycles. The maximum absolute atomic E-state index is 12.7. The molecule has 0 heterocycles. The Morgan fingerprint density at radius 1 is 0.792 bits per heavy atom. The molecular formula is C18H28ClNO4. The quantitative estimate of drug-likeness (QED) is 0.507. The smallest absolute Gasteiger partial charge is 0.328 e. The minimum Gasteiger partial charge on any atom is -0.459 e. The highest BCUT2D eigenvalue weighted by atomic mass is 35.5. The predicted octanol–water partition coefficient (Wildman–Crippen LogP) is 3.63. The fourth-order valence-corrected chi connectivity index (χ4v) is 1.90. The van der Waals surface area contributed by atoms with Crippen LogP contribution < -0.4 is 5.73 Å². The first kappa shape index (κ1) is 22.2. The summed E-state index contributed by atoms with van der Waals surface area (Å²) in [5.74, 6) is -1.30. The van der Waals surface area contributed by atoms with Gasteiger partial charge in [-0.25, -0.2) is 0 Å². The summed E-state index contributed by atoms with van der Waals surface area (Å²) in [5, 5.41) is 0. The zero-order chi connectivity index (χ0) is 18.1. The Hall–Kier alpha value is -1.75. The molecule has 0 aromatic heterocycles. The van der Waals surface area contributed by atoms with E-state index in [0.29, 0.717) is 11.3 Å². The van der Waals surface area contributed by atoms with Gasteiger partial charge in [-0.1, -0.05) is 12.1 Å². The number of rotatable bonds is 3. The van der Waals surface area contributed by atoms with E-state index in [4.69, 9.17) is 15.2 Å². The van der Waals surface area contributed by atoms with Crippen LogP contribution in [0.4, 0.5) is 5.69 Å². The molecule has 136 valence electrons. The van der Waals surface area contributed by atoms with Gasteiger partial charge in [0.2, 0.25) is 0 Å². The molecule has 1 rings (SSSR count). The van der Waals surface area contributed by atoms with Crippen LogP contribution in [-0.4, -0.2) is 23.1 Å². The molecule has 0 amide bonds. The first-order valence-corrected chi connectivity index (χ1v) is 7.58. The standard InChI is InChI=1S/C18H27NO4.ClH/c1-16(2,3)22-14(20)18(7,15(21)23-17(4,5)6)12-8-10-13(19)11-9-12;/h8-11H,19H2,1-7H3;1H. The summed E-state index contributed by atoms with van der Waals surface area (Å²) in [5.41, 5.74) is 3.73. The number of ether oxygens (including phenoxy) is 2. The number of esters is 2.